The van der Waals surface area contributed by atoms with E-state index in [1.54, 1.807) is 12.1 Å². The zero-order valence-electron chi connectivity index (χ0n) is 14.1. The Morgan fingerprint density at radius 1 is 1.18 bits per heavy atom. The average molecular weight is 396 g/mol. The minimum atomic E-state index is -4.76. The van der Waals surface area contributed by atoms with Gasteiger partial charge in [0.15, 0.2) is 5.82 Å². The zero-order valence-corrected chi connectivity index (χ0v) is 14.1. The van der Waals surface area contributed by atoms with Crippen LogP contribution in [-0.4, -0.2) is 38.3 Å². The quantitative estimate of drug-likeness (QED) is 0.693. The van der Waals surface area contributed by atoms with E-state index in [2.05, 4.69) is 34.9 Å². The van der Waals surface area contributed by atoms with Crippen LogP contribution >= 0.6 is 0 Å². The molecule has 0 aromatic carbocycles. The van der Waals surface area contributed by atoms with Gasteiger partial charge in [-0.3, -0.25) is 5.32 Å². The van der Waals surface area contributed by atoms with Crippen molar-refractivity contribution in [3.8, 4) is 17.4 Å². The molecule has 0 spiro atoms. The molecular formula is C15H11F3N6O4. The second kappa shape index (κ2) is 7.85. The summed E-state index contributed by atoms with van der Waals surface area (Å²) in [5, 5.41) is 5.50. The molecule has 1 N–H and O–H groups in total. The van der Waals surface area contributed by atoms with Crippen molar-refractivity contribution < 1.29 is 32.0 Å². The maximum atomic E-state index is 12.5. The highest BCUT2D eigenvalue weighted by Crippen LogP contribution is 2.28. The molecule has 0 aliphatic heterocycles. The Labute approximate surface area is 154 Å². The zero-order chi connectivity index (χ0) is 20.1. The van der Waals surface area contributed by atoms with E-state index in [0.29, 0.717) is 11.4 Å². The van der Waals surface area contributed by atoms with Crippen molar-refractivity contribution >= 4 is 11.9 Å². The van der Waals surface area contributed by atoms with E-state index in [1.807, 2.05) is 0 Å². The van der Waals surface area contributed by atoms with Crippen LogP contribution in [0.3, 0.4) is 0 Å². The summed E-state index contributed by atoms with van der Waals surface area (Å²) in [6.45, 7) is -0.0442. The molecule has 13 heteroatoms. The number of hydrogen-bond donors (Lipinski definition) is 1. The number of pyridine rings is 1. The van der Waals surface area contributed by atoms with Gasteiger partial charge >= 0.3 is 18.2 Å². The predicted octanol–water partition coefficient (Wildman–Crippen LogP) is 2.70. The fraction of sp³-hybridized carbons (Fsp3) is 0.200. The Balaban J connectivity index is 1.56. The van der Waals surface area contributed by atoms with Gasteiger partial charge in [-0.15, -0.1) is 0 Å². The van der Waals surface area contributed by atoms with Crippen LogP contribution in [-0.2, 0) is 17.5 Å². The summed E-state index contributed by atoms with van der Waals surface area (Å²) in [4.78, 5) is 26.6. The number of nitrogens with one attached hydrogen (secondary N) is 1. The van der Waals surface area contributed by atoms with E-state index in [9.17, 15) is 18.0 Å². The molecule has 10 nitrogen and oxygen atoms in total. The number of ether oxygens (including phenoxy) is 2. The smallest absolute Gasteiger partial charge is 0.471 e. The lowest BCUT2D eigenvalue weighted by molar-refractivity contribution is -0.159. The summed E-state index contributed by atoms with van der Waals surface area (Å²) >= 11 is 0. The number of anilines is 1. The maximum Gasteiger partial charge on any atom is 0.471 e. The van der Waals surface area contributed by atoms with Gasteiger partial charge < -0.3 is 14.0 Å². The second-order valence-electron chi connectivity index (χ2n) is 5.12. The molecule has 0 aliphatic rings. The molecule has 0 atom stereocenters. The number of amides is 1. The summed E-state index contributed by atoms with van der Waals surface area (Å²) in [5.41, 5.74) is 0.567. The summed E-state index contributed by atoms with van der Waals surface area (Å²) < 4.78 is 51.4. The molecule has 28 heavy (non-hydrogen) atoms. The van der Waals surface area contributed by atoms with Gasteiger partial charge in [-0.2, -0.15) is 18.2 Å². The first-order chi connectivity index (χ1) is 13.3. The standard InChI is InChI=1S/C15H11F3N6O4/c1-26-11-3-2-8(4-21-11)7-27-14(25)22-10-6-19-9(5-20-10)12-23-13(28-24-12)15(16,17)18/h2-6H,7H2,1H3,(H,20,22,25). The van der Waals surface area contributed by atoms with Gasteiger partial charge in [0.25, 0.3) is 0 Å². The van der Waals surface area contributed by atoms with Crippen LogP contribution in [0.25, 0.3) is 11.5 Å². The lowest BCUT2D eigenvalue weighted by Gasteiger charge is -2.06. The highest BCUT2D eigenvalue weighted by atomic mass is 19.4. The Kier molecular flexibility index (Phi) is 5.33. The van der Waals surface area contributed by atoms with E-state index in [-0.39, 0.29) is 23.9 Å². The Morgan fingerprint density at radius 2 is 2.00 bits per heavy atom. The number of nitrogens with zero attached hydrogens (tertiary/aromatic N) is 5. The molecule has 0 saturated carbocycles. The second-order valence-corrected chi connectivity index (χ2v) is 5.12. The van der Waals surface area contributed by atoms with Crippen molar-refractivity contribution in [1.82, 2.24) is 25.1 Å². The van der Waals surface area contributed by atoms with Crippen molar-refractivity contribution in [2.24, 2.45) is 0 Å². The molecule has 3 aromatic rings. The van der Waals surface area contributed by atoms with Gasteiger partial charge in [-0.05, 0) is 6.07 Å². The first kappa shape index (κ1) is 19.0. The van der Waals surface area contributed by atoms with Crippen molar-refractivity contribution in [3.63, 3.8) is 0 Å². The minimum Gasteiger partial charge on any atom is -0.481 e. The molecule has 146 valence electrons. The SMILES string of the molecule is COc1ccc(COC(=O)Nc2cnc(-c3noc(C(F)(F)F)n3)cn2)cn1. The molecule has 0 bridgehead atoms. The average Bonchev–Trinajstić information content (AvgIpc) is 3.18. The van der Waals surface area contributed by atoms with Gasteiger partial charge in [0, 0.05) is 17.8 Å². The number of carbonyl (C=O) groups is 1. The number of aromatic nitrogens is 5. The normalized spacial score (nSPS) is 11.1. The van der Waals surface area contributed by atoms with Crippen LogP contribution < -0.4 is 10.1 Å². The monoisotopic (exact) mass is 396 g/mol. The van der Waals surface area contributed by atoms with E-state index < -0.39 is 18.2 Å². The van der Waals surface area contributed by atoms with Crippen LogP contribution in [0.15, 0.2) is 35.2 Å². The van der Waals surface area contributed by atoms with Crippen molar-refractivity contribution in [3.05, 3.63) is 42.2 Å². The molecular weight excluding hydrogens is 385 g/mol. The van der Waals surface area contributed by atoms with Crippen LogP contribution in [0.1, 0.15) is 11.5 Å². The van der Waals surface area contributed by atoms with E-state index >= 15 is 0 Å². The molecule has 1 amide bonds. The van der Waals surface area contributed by atoms with Crippen molar-refractivity contribution in [2.75, 3.05) is 12.4 Å². The first-order valence-electron chi connectivity index (χ1n) is 7.51. The van der Waals surface area contributed by atoms with E-state index in [1.165, 1.54) is 13.3 Å². The third kappa shape index (κ3) is 4.69. The highest BCUT2D eigenvalue weighted by molar-refractivity contribution is 5.83. The number of rotatable bonds is 5. The fourth-order valence-corrected chi connectivity index (χ4v) is 1.86. The van der Waals surface area contributed by atoms with Crippen LogP contribution in [0.4, 0.5) is 23.8 Å². The largest absolute Gasteiger partial charge is 0.481 e. The van der Waals surface area contributed by atoms with Crippen molar-refractivity contribution in [1.29, 1.82) is 0 Å². The van der Waals surface area contributed by atoms with Gasteiger partial charge in [0.05, 0.1) is 19.5 Å². The highest BCUT2D eigenvalue weighted by Gasteiger charge is 2.38. The summed E-state index contributed by atoms with van der Waals surface area (Å²) in [6.07, 6.45) is -1.90. The molecule has 0 fully saturated rings. The summed E-state index contributed by atoms with van der Waals surface area (Å²) in [6, 6.07) is 3.29. The fourth-order valence-electron chi connectivity index (χ4n) is 1.86. The Morgan fingerprint density at radius 3 is 2.57 bits per heavy atom. The van der Waals surface area contributed by atoms with Crippen LogP contribution in [0.5, 0.6) is 5.88 Å². The van der Waals surface area contributed by atoms with Crippen LogP contribution in [0, 0.1) is 0 Å². The number of carbonyl (C=O) groups excluding carboxylic acids is 1. The van der Waals surface area contributed by atoms with Gasteiger partial charge in [0.2, 0.25) is 11.7 Å². The molecule has 3 rings (SSSR count). The topological polar surface area (TPSA) is 125 Å². The maximum absolute atomic E-state index is 12.5. The van der Waals surface area contributed by atoms with Crippen LogP contribution in [0.2, 0.25) is 0 Å². The van der Waals surface area contributed by atoms with Gasteiger partial charge in [0.1, 0.15) is 12.3 Å². The lowest BCUT2D eigenvalue weighted by Crippen LogP contribution is -2.14. The molecule has 0 aliphatic carbocycles. The minimum absolute atomic E-state index is 0.0149. The van der Waals surface area contributed by atoms with Gasteiger partial charge in [-0.25, -0.2) is 19.7 Å². The predicted molar refractivity (Wildman–Crippen MR) is 84.9 cm³/mol. The molecule has 3 aromatic heterocycles. The third-order valence-electron chi connectivity index (χ3n) is 3.16. The van der Waals surface area contributed by atoms with E-state index in [0.717, 1.165) is 12.4 Å². The van der Waals surface area contributed by atoms with Crippen molar-refractivity contribution in [2.45, 2.75) is 12.8 Å². The summed E-state index contributed by atoms with van der Waals surface area (Å²) in [7, 11) is 1.48. The van der Waals surface area contributed by atoms with Gasteiger partial charge in [-0.1, -0.05) is 5.16 Å². The summed E-state index contributed by atoms with van der Waals surface area (Å²) in [5.74, 6) is -1.45. The molecule has 0 radical (unpaired) electrons. The van der Waals surface area contributed by atoms with E-state index in [4.69, 9.17) is 9.47 Å². The number of methoxy groups -OCH3 is 1. The Hall–Kier alpha value is -3.77. The Bertz CT molecular complexity index is 944. The number of alkyl halides is 3. The lowest BCUT2D eigenvalue weighted by atomic mass is 10.3. The molecule has 0 unspecified atom stereocenters. The first-order valence-corrected chi connectivity index (χ1v) is 7.51. The third-order valence-corrected chi connectivity index (χ3v) is 3.16. The number of hydrogen-bond acceptors (Lipinski definition) is 9. The molecule has 0 saturated heterocycles. The number of halogens is 3. The molecule has 3 heterocycles.